The highest BCUT2D eigenvalue weighted by Crippen LogP contribution is 2.26. The minimum atomic E-state index is -0.560. The Hall–Kier alpha value is -2.42. The van der Waals surface area contributed by atoms with Crippen LogP contribution in [0.1, 0.15) is 26.7 Å². The first-order chi connectivity index (χ1) is 14.5. The van der Waals surface area contributed by atoms with E-state index in [0.29, 0.717) is 24.3 Å². The molecule has 1 fully saturated rings. The van der Waals surface area contributed by atoms with Crippen LogP contribution in [0.2, 0.25) is 0 Å². The Balaban J connectivity index is 1.80. The summed E-state index contributed by atoms with van der Waals surface area (Å²) in [5.41, 5.74) is 1.74. The Kier molecular flexibility index (Phi) is 8.24. The zero-order valence-corrected chi connectivity index (χ0v) is 18.0. The van der Waals surface area contributed by atoms with Crippen molar-refractivity contribution < 1.29 is 14.6 Å². The van der Waals surface area contributed by atoms with E-state index in [2.05, 4.69) is 34.8 Å². The van der Waals surface area contributed by atoms with E-state index in [1.165, 1.54) is 0 Å². The van der Waals surface area contributed by atoms with Crippen molar-refractivity contribution in [3.8, 4) is 17.0 Å². The largest absolute Gasteiger partial charge is 0.491 e. The summed E-state index contributed by atoms with van der Waals surface area (Å²) in [5, 5.41) is 19.6. The van der Waals surface area contributed by atoms with Gasteiger partial charge in [-0.3, -0.25) is 0 Å². The molecular formula is C22H33N5O3. The molecule has 0 amide bonds. The fraction of sp³-hybridized carbons (Fsp3) is 0.545. The lowest BCUT2D eigenvalue weighted by Crippen LogP contribution is -2.29. The molecule has 8 nitrogen and oxygen atoms in total. The van der Waals surface area contributed by atoms with E-state index in [1.54, 1.807) is 7.05 Å². The van der Waals surface area contributed by atoms with E-state index in [1.807, 2.05) is 30.3 Å². The van der Waals surface area contributed by atoms with Crippen molar-refractivity contribution in [1.82, 2.24) is 15.3 Å². The van der Waals surface area contributed by atoms with Gasteiger partial charge in [0.15, 0.2) is 0 Å². The van der Waals surface area contributed by atoms with Crippen LogP contribution in [-0.4, -0.2) is 66.7 Å². The predicted octanol–water partition coefficient (Wildman–Crippen LogP) is 2.51. The predicted molar refractivity (Wildman–Crippen MR) is 119 cm³/mol. The number of benzene rings is 1. The Morgan fingerprint density at radius 2 is 2.00 bits per heavy atom. The number of aromatic nitrogens is 2. The van der Waals surface area contributed by atoms with Crippen LogP contribution in [0.3, 0.4) is 0 Å². The summed E-state index contributed by atoms with van der Waals surface area (Å²) in [4.78, 5) is 9.40. The van der Waals surface area contributed by atoms with Gasteiger partial charge in [0, 0.05) is 43.5 Å². The van der Waals surface area contributed by atoms with Crippen LogP contribution in [0.25, 0.3) is 11.3 Å². The van der Waals surface area contributed by atoms with Gasteiger partial charge in [0.2, 0.25) is 5.95 Å². The van der Waals surface area contributed by atoms with Gasteiger partial charge in [0.25, 0.3) is 0 Å². The number of aliphatic hydroxyl groups excluding tert-OH is 1. The molecule has 0 saturated carbocycles. The summed E-state index contributed by atoms with van der Waals surface area (Å²) in [5.74, 6) is 2.08. The maximum atomic E-state index is 9.88. The van der Waals surface area contributed by atoms with Crippen LogP contribution >= 0.6 is 0 Å². The number of likely N-dealkylation sites (N-methyl/N-ethyl adjacent to an activating group) is 1. The lowest BCUT2D eigenvalue weighted by atomic mass is 10.1. The molecule has 2 aromatic rings. The summed E-state index contributed by atoms with van der Waals surface area (Å²) in [6, 6.07) is 10.3. The highest BCUT2D eigenvalue weighted by atomic mass is 16.5. The second kappa shape index (κ2) is 11.1. The minimum Gasteiger partial charge on any atom is -0.491 e. The molecule has 1 saturated heterocycles. The summed E-state index contributed by atoms with van der Waals surface area (Å²) >= 11 is 0. The van der Waals surface area contributed by atoms with E-state index >= 15 is 0 Å². The second-order valence-electron chi connectivity index (χ2n) is 7.84. The highest BCUT2D eigenvalue weighted by molar-refractivity contribution is 5.66. The summed E-state index contributed by atoms with van der Waals surface area (Å²) < 4.78 is 11.2. The van der Waals surface area contributed by atoms with Crippen LogP contribution in [0, 0.1) is 0 Å². The number of ether oxygens (including phenoxy) is 2. The van der Waals surface area contributed by atoms with Gasteiger partial charge in [-0.05, 0) is 45.9 Å². The smallest absolute Gasteiger partial charge is 0.225 e. The van der Waals surface area contributed by atoms with Crippen molar-refractivity contribution in [2.45, 2.75) is 44.9 Å². The number of hydrogen-bond acceptors (Lipinski definition) is 8. The third-order valence-corrected chi connectivity index (χ3v) is 4.73. The number of rotatable bonds is 10. The summed E-state index contributed by atoms with van der Waals surface area (Å²) in [7, 11) is 1.80. The van der Waals surface area contributed by atoms with Crippen molar-refractivity contribution in [3.63, 3.8) is 0 Å². The molecule has 0 radical (unpaired) electrons. The Morgan fingerprint density at radius 3 is 2.73 bits per heavy atom. The van der Waals surface area contributed by atoms with Crippen molar-refractivity contribution in [1.29, 1.82) is 0 Å². The monoisotopic (exact) mass is 415 g/mol. The fourth-order valence-corrected chi connectivity index (χ4v) is 3.29. The number of anilines is 2. The summed E-state index contributed by atoms with van der Waals surface area (Å²) in [6.07, 6.45) is 1.33. The number of nitrogens with zero attached hydrogens (tertiary/aromatic N) is 2. The van der Waals surface area contributed by atoms with Gasteiger partial charge in [0.05, 0.1) is 5.69 Å². The van der Waals surface area contributed by atoms with Crippen molar-refractivity contribution in [2.75, 3.05) is 44.0 Å². The standard InChI is InChI=1S/C22H33N5O3/c1-15(2)24-21-12-20(26-22(27-21)25-17-7-9-29-10-8-17)16-5-4-6-19(11-16)30-14-18(28)13-23-3/h4-6,11-12,15,17-18,23,28H,7-10,13-14H2,1-3H3,(H2,24,25,26,27). The van der Waals surface area contributed by atoms with E-state index in [4.69, 9.17) is 14.5 Å². The first-order valence-electron chi connectivity index (χ1n) is 10.6. The zero-order valence-electron chi connectivity index (χ0n) is 18.0. The van der Waals surface area contributed by atoms with Gasteiger partial charge in [0.1, 0.15) is 24.3 Å². The van der Waals surface area contributed by atoms with Gasteiger partial charge in [-0.25, -0.2) is 4.98 Å². The van der Waals surface area contributed by atoms with Crippen molar-refractivity contribution >= 4 is 11.8 Å². The van der Waals surface area contributed by atoms with E-state index < -0.39 is 6.10 Å². The lowest BCUT2D eigenvalue weighted by molar-refractivity contribution is 0.0903. The van der Waals surface area contributed by atoms with Crippen LogP contribution in [0.15, 0.2) is 30.3 Å². The highest BCUT2D eigenvalue weighted by Gasteiger charge is 2.16. The molecule has 0 bridgehead atoms. The van der Waals surface area contributed by atoms with Crippen LogP contribution in [0.4, 0.5) is 11.8 Å². The SMILES string of the molecule is CNCC(O)COc1cccc(-c2cc(NC(C)C)nc(NC3CCOCC3)n2)c1. The second-order valence-corrected chi connectivity index (χ2v) is 7.84. The summed E-state index contributed by atoms with van der Waals surface area (Å²) in [6.45, 7) is 6.39. The molecule has 2 heterocycles. The van der Waals surface area contributed by atoms with Gasteiger partial charge in [-0.1, -0.05) is 12.1 Å². The van der Waals surface area contributed by atoms with E-state index in [0.717, 1.165) is 43.1 Å². The minimum absolute atomic E-state index is 0.227. The third-order valence-electron chi connectivity index (χ3n) is 4.73. The molecule has 4 N–H and O–H groups in total. The van der Waals surface area contributed by atoms with Crippen molar-refractivity contribution in [2.24, 2.45) is 0 Å². The zero-order chi connectivity index (χ0) is 21.3. The third kappa shape index (κ3) is 6.83. The van der Waals surface area contributed by atoms with Crippen molar-refractivity contribution in [3.05, 3.63) is 30.3 Å². The normalized spacial score (nSPS) is 15.8. The molecule has 1 aromatic heterocycles. The van der Waals surface area contributed by atoms with E-state index in [9.17, 15) is 5.11 Å². The molecule has 1 aliphatic rings. The quantitative estimate of drug-likeness (QED) is 0.470. The first kappa shape index (κ1) is 22.3. The van der Waals surface area contributed by atoms with Gasteiger partial charge >= 0.3 is 0 Å². The molecule has 1 atom stereocenters. The average molecular weight is 416 g/mol. The van der Waals surface area contributed by atoms with Crippen LogP contribution in [0.5, 0.6) is 5.75 Å². The molecule has 3 rings (SSSR count). The lowest BCUT2D eigenvalue weighted by Gasteiger charge is -2.23. The van der Waals surface area contributed by atoms with Gasteiger partial charge in [-0.2, -0.15) is 4.98 Å². The molecule has 0 aliphatic carbocycles. The molecular weight excluding hydrogens is 382 g/mol. The number of aliphatic hydroxyl groups is 1. The fourth-order valence-electron chi connectivity index (χ4n) is 3.29. The van der Waals surface area contributed by atoms with Gasteiger partial charge in [-0.15, -0.1) is 0 Å². The van der Waals surface area contributed by atoms with Crippen LogP contribution < -0.4 is 20.7 Å². The molecule has 30 heavy (non-hydrogen) atoms. The first-order valence-corrected chi connectivity index (χ1v) is 10.6. The Morgan fingerprint density at radius 1 is 1.20 bits per heavy atom. The molecule has 164 valence electrons. The number of hydrogen-bond donors (Lipinski definition) is 4. The molecule has 1 unspecified atom stereocenters. The maximum absolute atomic E-state index is 9.88. The molecule has 0 spiro atoms. The maximum Gasteiger partial charge on any atom is 0.225 e. The average Bonchev–Trinajstić information content (AvgIpc) is 2.73. The van der Waals surface area contributed by atoms with Crippen LogP contribution in [-0.2, 0) is 4.74 Å². The Labute approximate surface area is 178 Å². The molecule has 1 aromatic carbocycles. The topological polar surface area (TPSA) is 101 Å². The number of nitrogens with one attached hydrogen (secondary N) is 3. The van der Waals surface area contributed by atoms with Gasteiger partial charge < -0.3 is 30.5 Å². The van der Waals surface area contributed by atoms with E-state index in [-0.39, 0.29) is 12.6 Å². The molecule has 1 aliphatic heterocycles. The molecule has 8 heteroatoms. The Bertz CT molecular complexity index is 796.